The number of H-pyrrole nitrogens is 1. The molecule has 3 aromatic rings. The number of benzene rings is 1. The first-order chi connectivity index (χ1) is 12.4. The highest BCUT2D eigenvalue weighted by Crippen LogP contribution is 2.29. The number of aromatic amines is 1. The summed E-state index contributed by atoms with van der Waals surface area (Å²) in [6, 6.07) is 16.0. The molecule has 1 aliphatic heterocycles. The highest BCUT2D eigenvalue weighted by molar-refractivity contribution is 5.88. The van der Waals surface area contributed by atoms with Gasteiger partial charge < -0.3 is 9.72 Å². The molecule has 0 atom stereocenters. The summed E-state index contributed by atoms with van der Waals surface area (Å²) in [4.78, 5) is 11.7. The van der Waals surface area contributed by atoms with Crippen molar-refractivity contribution in [2.45, 2.75) is 6.61 Å². The van der Waals surface area contributed by atoms with Gasteiger partial charge in [0.1, 0.15) is 12.4 Å². The van der Waals surface area contributed by atoms with E-state index in [1.165, 1.54) is 0 Å². The zero-order chi connectivity index (χ0) is 16.9. The molecule has 0 aliphatic carbocycles. The van der Waals surface area contributed by atoms with E-state index in [4.69, 9.17) is 4.74 Å². The minimum absolute atomic E-state index is 0.527. The van der Waals surface area contributed by atoms with Crippen molar-refractivity contribution in [2.75, 3.05) is 0 Å². The minimum atomic E-state index is 0.527. The summed E-state index contributed by atoms with van der Waals surface area (Å²) in [6.07, 6.45) is 11.2. The molecule has 4 nitrogen and oxygen atoms in total. The molecule has 122 valence electrons. The zero-order valence-electron chi connectivity index (χ0n) is 13.6. The Balaban J connectivity index is 1.57. The lowest BCUT2D eigenvalue weighted by Gasteiger charge is -2.10. The Morgan fingerprint density at radius 1 is 1.00 bits per heavy atom. The van der Waals surface area contributed by atoms with Crippen molar-refractivity contribution in [3.63, 3.8) is 0 Å². The molecule has 0 bridgehead atoms. The van der Waals surface area contributed by atoms with Crippen LogP contribution in [0.4, 0.5) is 0 Å². The fraction of sp³-hybridized carbons (Fsp3) is 0.0476. The number of nitrogens with one attached hydrogen (secondary N) is 1. The van der Waals surface area contributed by atoms with E-state index < -0.39 is 0 Å². The van der Waals surface area contributed by atoms with Crippen molar-refractivity contribution in [3.05, 3.63) is 102 Å². The molecule has 0 amide bonds. The molecule has 0 fully saturated rings. The molecule has 0 radical (unpaired) electrons. The summed E-state index contributed by atoms with van der Waals surface area (Å²) in [5.74, 6) is 0.835. The molecule has 4 heteroatoms. The van der Waals surface area contributed by atoms with Crippen molar-refractivity contribution >= 4 is 11.8 Å². The summed E-state index contributed by atoms with van der Waals surface area (Å²) < 4.78 is 5.85. The highest BCUT2D eigenvalue weighted by Gasteiger charge is 2.12. The zero-order valence-corrected chi connectivity index (χ0v) is 13.6. The van der Waals surface area contributed by atoms with Crippen molar-refractivity contribution in [3.8, 4) is 5.75 Å². The first kappa shape index (κ1) is 15.1. The number of aliphatic imine (C=N–C) groups is 1. The largest absolute Gasteiger partial charge is 0.489 e. The molecule has 3 heterocycles. The molecular formula is C21H17N3O. The molecule has 25 heavy (non-hydrogen) atoms. The van der Waals surface area contributed by atoms with Crippen LogP contribution in [-0.2, 0) is 6.61 Å². The molecule has 1 aromatic carbocycles. The maximum absolute atomic E-state index is 5.85. The lowest BCUT2D eigenvalue weighted by Crippen LogP contribution is -1.96. The molecule has 0 unspecified atom stereocenters. The lowest BCUT2D eigenvalue weighted by molar-refractivity contribution is 0.306. The Labute approximate surface area is 146 Å². The van der Waals surface area contributed by atoms with Crippen LogP contribution in [0.3, 0.4) is 0 Å². The first-order valence-corrected chi connectivity index (χ1v) is 8.11. The summed E-state index contributed by atoms with van der Waals surface area (Å²) in [5, 5.41) is 0. The van der Waals surface area contributed by atoms with Crippen LogP contribution in [0.1, 0.15) is 16.8 Å². The number of hydrogen-bond donors (Lipinski definition) is 1. The Morgan fingerprint density at radius 3 is 2.52 bits per heavy atom. The maximum Gasteiger partial charge on any atom is 0.119 e. The third-order valence-corrected chi connectivity index (χ3v) is 3.98. The van der Waals surface area contributed by atoms with Gasteiger partial charge in [0, 0.05) is 36.1 Å². The van der Waals surface area contributed by atoms with Gasteiger partial charge in [0.2, 0.25) is 0 Å². The number of rotatable bonds is 5. The maximum atomic E-state index is 5.85. The average Bonchev–Trinajstić information content (AvgIpc) is 3.37. The van der Waals surface area contributed by atoms with Crippen molar-refractivity contribution in [2.24, 2.45) is 4.99 Å². The summed E-state index contributed by atoms with van der Waals surface area (Å²) >= 11 is 0. The summed E-state index contributed by atoms with van der Waals surface area (Å²) in [7, 11) is 0. The molecule has 4 rings (SSSR count). The Morgan fingerprint density at radius 2 is 1.84 bits per heavy atom. The van der Waals surface area contributed by atoms with Gasteiger partial charge in [-0.25, -0.2) is 0 Å². The normalized spacial score (nSPS) is 14.7. The van der Waals surface area contributed by atoms with Crippen molar-refractivity contribution in [1.82, 2.24) is 9.97 Å². The third-order valence-electron chi connectivity index (χ3n) is 3.98. The van der Waals surface area contributed by atoms with E-state index in [-0.39, 0.29) is 0 Å². The molecular weight excluding hydrogens is 310 g/mol. The number of hydrogen-bond acceptors (Lipinski definition) is 3. The predicted molar refractivity (Wildman–Crippen MR) is 99.5 cm³/mol. The monoisotopic (exact) mass is 327 g/mol. The first-order valence-electron chi connectivity index (χ1n) is 8.11. The Kier molecular flexibility index (Phi) is 4.25. The third kappa shape index (κ3) is 3.43. The number of ether oxygens (including phenoxy) is 1. The van der Waals surface area contributed by atoms with E-state index in [1.54, 1.807) is 12.4 Å². The van der Waals surface area contributed by atoms with Crippen LogP contribution < -0.4 is 4.74 Å². The molecule has 0 saturated carbocycles. The average molecular weight is 327 g/mol. The smallest absolute Gasteiger partial charge is 0.119 e. The Hall–Kier alpha value is -3.40. The summed E-state index contributed by atoms with van der Waals surface area (Å²) in [5.41, 5.74) is 5.27. The highest BCUT2D eigenvalue weighted by atomic mass is 16.5. The van der Waals surface area contributed by atoms with E-state index >= 15 is 0 Å². The van der Waals surface area contributed by atoms with Gasteiger partial charge in [-0.1, -0.05) is 12.1 Å². The molecule has 0 saturated heterocycles. The van der Waals surface area contributed by atoms with Gasteiger partial charge in [-0.05, 0) is 59.7 Å². The topological polar surface area (TPSA) is 50.3 Å². The van der Waals surface area contributed by atoms with Gasteiger partial charge in [0.25, 0.3) is 0 Å². The van der Waals surface area contributed by atoms with Crippen LogP contribution in [0.5, 0.6) is 5.75 Å². The van der Waals surface area contributed by atoms with Crippen LogP contribution in [0.15, 0.2) is 90.0 Å². The fourth-order valence-corrected chi connectivity index (χ4v) is 2.74. The van der Waals surface area contributed by atoms with E-state index in [0.717, 1.165) is 33.8 Å². The van der Waals surface area contributed by atoms with E-state index in [1.807, 2.05) is 54.9 Å². The van der Waals surface area contributed by atoms with E-state index in [0.29, 0.717) is 6.61 Å². The quantitative estimate of drug-likeness (QED) is 0.755. The van der Waals surface area contributed by atoms with Gasteiger partial charge >= 0.3 is 0 Å². The second kappa shape index (κ2) is 7.01. The van der Waals surface area contributed by atoms with Crippen LogP contribution >= 0.6 is 0 Å². The van der Waals surface area contributed by atoms with Gasteiger partial charge in [-0.3, -0.25) is 9.98 Å². The number of allylic oxidation sites excluding steroid dienone is 2. The Bertz CT molecular complexity index is 907. The molecule has 1 aliphatic rings. The number of aromatic nitrogens is 2. The van der Waals surface area contributed by atoms with E-state index in [2.05, 4.69) is 33.2 Å². The molecule has 1 N–H and O–H groups in total. The molecule has 2 aromatic heterocycles. The van der Waals surface area contributed by atoms with E-state index in [9.17, 15) is 0 Å². The van der Waals surface area contributed by atoms with Crippen LogP contribution in [0, 0.1) is 0 Å². The van der Waals surface area contributed by atoms with Crippen LogP contribution in [-0.4, -0.2) is 16.2 Å². The van der Waals surface area contributed by atoms with Crippen molar-refractivity contribution in [1.29, 1.82) is 0 Å². The second-order valence-corrected chi connectivity index (χ2v) is 5.65. The van der Waals surface area contributed by atoms with Crippen molar-refractivity contribution < 1.29 is 4.74 Å². The second-order valence-electron chi connectivity index (χ2n) is 5.65. The standard InChI is InChI=1S/C21H17N3O/c1-3-19(23-11-1)21(20-4-2-12-24-20)17-5-7-18(8-6-17)25-15-16-9-13-22-14-10-16/h1-14,23H,15H2/b21-20+. The van der Waals surface area contributed by atoms with Crippen LogP contribution in [0.2, 0.25) is 0 Å². The fourth-order valence-electron chi connectivity index (χ4n) is 2.74. The minimum Gasteiger partial charge on any atom is -0.489 e. The summed E-state index contributed by atoms with van der Waals surface area (Å²) in [6.45, 7) is 0.527. The van der Waals surface area contributed by atoms with Gasteiger partial charge in [0.05, 0.1) is 5.70 Å². The SMILES string of the molecule is C1=C/C(=C(/c2ccc(OCc3ccncc3)cc2)c2ccc[nH]2)N=C1. The van der Waals surface area contributed by atoms with Gasteiger partial charge in [0.15, 0.2) is 0 Å². The number of nitrogens with zero attached hydrogens (tertiary/aromatic N) is 2. The number of pyridine rings is 1. The predicted octanol–water partition coefficient (Wildman–Crippen LogP) is 4.39. The molecule has 0 spiro atoms. The van der Waals surface area contributed by atoms with Crippen LogP contribution in [0.25, 0.3) is 5.57 Å². The van der Waals surface area contributed by atoms with Gasteiger partial charge in [-0.2, -0.15) is 0 Å². The lowest BCUT2D eigenvalue weighted by atomic mass is 10.0. The van der Waals surface area contributed by atoms with Gasteiger partial charge in [-0.15, -0.1) is 0 Å².